The fraction of sp³-hybridized carbons (Fsp3) is 0.381. The SMILES string of the molecule is CC(C)(C)OC(=O)NS(=O)(=O)NCc1cccc([N+](=O)[O-])c1.CCNS(=O)(=O)NCc1cccc([N+](=O)[O-])c1. The van der Waals surface area contributed by atoms with Crippen molar-refractivity contribution in [3.05, 3.63) is 79.9 Å². The second-order valence-corrected chi connectivity index (χ2v) is 11.7. The zero-order valence-electron chi connectivity index (χ0n) is 21.5. The van der Waals surface area contributed by atoms with E-state index in [1.165, 1.54) is 42.5 Å². The second kappa shape index (κ2) is 14.4. The van der Waals surface area contributed by atoms with Gasteiger partial charge < -0.3 is 4.74 Å². The topological polar surface area (TPSA) is 229 Å². The van der Waals surface area contributed by atoms with Crippen LogP contribution in [-0.2, 0) is 38.2 Å². The van der Waals surface area contributed by atoms with Crippen LogP contribution in [0.1, 0.15) is 38.8 Å². The van der Waals surface area contributed by atoms with Gasteiger partial charge in [-0.05, 0) is 31.9 Å². The van der Waals surface area contributed by atoms with E-state index >= 15 is 0 Å². The van der Waals surface area contributed by atoms with Crippen molar-refractivity contribution in [1.82, 2.24) is 18.9 Å². The summed E-state index contributed by atoms with van der Waals surface area (Å²) in [6.07, 6.45) is -1.11. The van der Waals surface area contributed by atoms with Gasteiger partial charge in [-0.2, -0.15) is 26.3 Å². The van der Waals surface area contributed by atoms with Crippen LogP contribution in [-0.4, -0.2) is 44.9 Å². The van der Waals surface area contributed by atoms with Gasteiger partial charge in [-0.15, -0.1) is 0 Å². The van der Waals surface area contributed by atoms with E-state index in [0.717, 1.165) is 0 Å². The highest BCUT2D eigenvalue weighted by atomic mass is 32.2. The second-order valence-electron chi connectivity index (χ2n) is 8.60. The Labute approximate surface area is 225 Å². The van der Waals surface area contributed by atoms with E-state index in [1.54, 1.807) is 38.5 Å². The standard InChI is InChI=1S/C12H17N3O6S.C9H13N3O4S/c1-12(2,3)21-11(16)14-22(19,20)13-8-9-5-4-6-10(7-9)15(17)18;1-2-10-17(15,16)11-7-8-4-3-5-9(6-8)12(13)14/h4-7,13H,8H2,1-3H3,(H,14,16);3-6,10-11H,2,7H2,1H3. The molecule has 0 atom stereocenters. The summed E-state index contributed by atoms with van der Waals surface area (Å²) in [6, 6.07) is 11.3. The summed E-state index contributed by atoms with van der Waals surface area (Å²) in [6.45, 7) is 6.52. The van der Waals surface area contributed by atoms with Crippen molar-refractivity contribution in [3.63, 3.8) is 0 Å². The predicted molar refractivity (Wildman–Crippen MR) is 141 cm³/mol. The van der Waals surface area contributed by atoms with Crippen LogP contribution in [0.4, 0.5) is 16.2 Å². The van der Waals surface area contributed by atoms with Crippen molar-refractivity contribution in [3.8, 4) is 0 Å². The Morgan fingerprint density at radius 1 is 0.821 bits per heavy atom. The Morgan fingerprint density at radius 3 is 1.64 bits per heavy atom. The van der Waals surface area contributed by atoms with Crippen molar-refractivity contribution in [1.29, 1.82) is 0 Å². The Morgan fingerprint density at radius 2 is 1.26 bits per heavy atom. The van der Waals surface area contributed by atoms with Crippen LogP contribution in [0.3, 0.4) is 0 Å². The summed E-state index contributed by atoms with van der Waals surface area (Å²) in [7, 11) is -7.66. The number of carbonyl (C=O) groups excluding carboxylic acids is 1. The van der Waals surface area contributed by atoms with Gasteiger partial charge in [0.25, 0.3) is 21.6 Å². The van der Waals surface area contributed by atoms with E-state index in [4.69, 9.17) is 4.74 Å². The van der Waals surface area contributed by atoms with Crippen LogP contribution in [0.15, 0.2) is 48.5 Å². The molecule has 18 heteroatoms. The number of hydrogen-bond donors (Lipinski definition) is 4. The number of nitrogens with one attached hydrogen (secondary N) is 4. The number of non-ortho nitro benzene ring substituents is 2. The van der Waals surface area contributed by atoms with Gasteiger partial charge in [-0.3, -0.25) is 20.2 Å². The van der Waals surface area contributed by atoms with Crippen molar-refractivity contribution < 1.29 is 36.2 Å². The molecule has 0 radical (unpaired) electrons. The molecule has 0 aliphatic rings. The van der Waals surface area contributed by atoms with Gasteiger partial charge in [-0.1, -0.05) is 31.2 Å². The molecule has 0 spiro atoms. The maximum absolute atomic E-state index is 11.7. The molecule has 216 valence electrons. The zero-order chi connectivity index (χ0) is 29.9. The van der Waals surface area contributed by atoms with Crippen molar-refractivity contribution in [2.45, 2.75) is 46.4 Å². The van der Waals surface area contributed by atoms with E-state index in [-0.39, 0.29) is 31.0 Å². The minimum absolute atomic E-state index is 0.0109. The normalized spacial score (nSPS) is 11.6. The molecule has 39 heavy (non-hydrogen) atoms. The molecule has 0 saturated heterocycles. The number of benzene rings is 2. The van der Waals surface area contributed by atoms with Gasteiger partial charge in [0.05, 0.1) is 9.85 Å². The molecule has 2 aromatic rings. The summed E-state index contributed by atoms with van der Waals surface area (Å²) >= 11 is 0. The van der Waals surface area contributed by atoms with Crippen LogP contribution in [0, 0.1) is 20.2 Å². The third-order valence-electron chi connectivity index (χ3n) is 4.13. The maximum atomic E-state index is 11.7. The molecule has 0 saturated carbocycles. The van der Waals surface area contributed by atoms with Crippen LogP contribution in [0.5, 0.6) is 0 Å². The number of nitrogens with zero attached hydrogens (tertiary/aromatic N) is 2. The molecule has 16 nitrogen and oxygen atoms in total. The number of ether oxygens (including phenoxy) is 1. The first kappa shape index (κ1) is 33.3. The molecule has 2 rings (SSSR count). The maximum Gasteiger partial charge on any atom is 0.422 e. The highest BCUT2D eigenvalue weighted by molar-refractivity contribution is 7.88. The first-order chi connectivity index (χ1) is 17.9. The van der Waals surface area contributed by atoms with Crippen LogP contribution >= 0.6 is 0 Å². The molecule has 1 amide bonds. The summed E-state index contributed by atoms with van der Waals surface area (Å²) in [5.41, 5.74) is -0.147. The van der Waals surface area contributed by atoms with Gasteiger partial charge >= 0.3 is 16.3 Å². The highest BCUT2D eigenvalue weighted by Gasteiger charge is 2.21. The summed E-state index contributed by atoms with van der Waals surface area (Å²) in [4.78, 5) is 31.4. The van der Waals surface area contributed by atoms with Gasteiger partial charge in [0, 0.05) is 43.9 Å². The Bertz CT molecular complexity index is 1380. The van der Waals surface area contributed by atoms with E-state index in [0.29, 0.717) is 11.1 Å². The number of hydrogen-bond acceptors (Lipinski definition) is 10. The third-order valence-corrected chi connectivity index (χ3v) is 6.28. The number of nitro benzene ring substituents is 2. The lowest BCUT2D eigenvalue weighted by Gasteiger charge is -2.19. The molecule has 2 aromatic carbocycles. The Balaban J connectivity index is 0.000000403. The number of carbonyl (C=O) groups is 1. The van der Waals surface area contributed by atoms with Crippen LogP contribution < -0.4 is 18.9 Å². The fourth-order valence-electron chi connectivity index (χ4n) is 2.60. The van der Waals surface area contributed by atoms with Gasteiger partial charge in [-0.25, -0.2) is 14.2 Å². The first-order valence-electron chi connectivity index (χ1n) is 11.1. The molecule has 4 N–H and O–H groups in total. The van der Waals surface area contributed by atoms with Gasteiger partial charge in [0.15, 0.2) is 0 Å². The summed E-state index contributed by atoms with van der Waals surface area (Å²) in [5, 5.41) is 21.1. The Hall–Kier alpha value is -3.71. The predicted octanol–water partition coefficient (Wildman–Crippen LogP) is 1.99. The van der Waals surface area contributed by atoms with Crippen molar-refractivity contribution in [2.75, 3.05) is 6.54 Å². The monoisotopic (exact) mass is 590 g/mol. The molecular formula is C21H30N6O10S2. The fourth-order valence-corrected chi connectivity index (χ4v) is 4.13. The average Bonchev–Trinajstić information content (AvgIpc) is 2.81. The molecular weight excluding hydrogens is 560 g/mol. The third kappa shape index (κ3) is 14.1. The lowest BCUT2D eigenvalue weighted by atomic mass is 10.2. The Kier molecular flexibility index (Phi) is 12.3. The zero-order valence-corrected chi connectivity index (χ0v) is 23.2. The number of amides is 1. The number of rotatable bonds is 11. The summed E-state index contributed by atoms with van der Waals surface area (Å²) < 4.78 is 59.0. The summed E-state index contributed by atoms with van der Waals surface area (Å²) in [5.74, 6) is 0. The van der Waals surface area contributed by atoms with Crippen LogP contribution in [0.2, 0.25) is 0 Å². The lowest BCUT2D eigenvalue weighted by molar-refractivity contribution is -0.385. The quantitative estimate of drug-likeness (QED) is 0.220. The smallest absolute Gasteiger partial charge is 0.422 e. The molecule has 0 fully saturated rings. The molecule has 0 heterocycles. The van der Waals surface area contributed by atoms with E-state index in [9.17, 15) is 41.9 Å². The van der Waals surface area contributed by atoms with Gasteiger partial charge in [0.2, 0.25) is 0 Å². The molecule has 0 aliphatic heterocycles. The molecule has 0 aromatic heterocycles. The minimum Gasteiger partial charge on any atom is -0.443 e. The highest BCUT2D eigenvalue weighted by Crippen LogP contribution is 2.14. The largest absolute Gasteiger partial charge is 0.443 e. The first-order valence-corrected chi connectivity index (χ1v) is 14.1. The van der Waals surface area contributed by atoms with E-state index in [2.05, 4.69) is 14.2 Å². The van der Waals surface area contributed by atoms with E-state index < -0.39 is 42.0 Å². The van der Waals surface area contributed by atoms with E-state index in [1.807, 2.05) is 0 Å². The van der Waals surface area contributed by atoms with Crippen molar-refractivity contribution >= 4 is 37.9 Å². The minimum atomic E-state index is -4.13. The van der Waals surface area contributed by atoms with Crippen LogP contribution in [0.25, 0.3) is 0 Å². The van der Waals surface area contributed by atoms with Gasteiger partial charge in [0.1, 0.15) is 5.60 Å². The molecule has 0 bridgehead atoms. The molecule has 0 unspecified atom stereocenters. The average molecular weight is 591 g/mol. The van der Waals surface area contributed by atoms with Crippen molar-refractivity contribution in [2.24, 2.45) is 0 Å². The lowest BCUT2D eigenvalue weighted by Crippen LogP contribution is -2.42. The molecule has 0 aliphatic carbocycles. The number of nitro groups is 2.